The molecule has 2 fully saturated rings. The zero-order chi connectivity index (χ0) is 23.0. The van der Waals surface area contributed by atoms with E-state index in [1.165, 1.54) is 38.5 Å². The van der Waals surface area contributed by atoms with Crippen LogP contribution in [0.15, 0.2) is 0 Å². The van der Waals surface area contributed by atoms with Crippen LogP contribution in [0.2, 0.25) is 0 Å². The highest BCUT2D eigenvalue weighted by atomic mass is 16.3. The second-order valence-electron chi connectivity index (χ2n) is 10.2. The first-order valence-corrected chi connectivity index (χ1v) is 12.5. The Morgan fingerprint density at radius 2 is 1.61 bits per heavy atom. The molecule has 0 aromatic carbocycles. The molecule has 0 radical (unpaired) electrons. The Bertz CT molecular complexity index is 598. The Morgan fingerprint density at radius 3 is 2.19 bits per heavy atom. The summed E-state index contributed by atoms with van der Waals surface area (Å²) in [5.41, 5.74) is 5.62. The summed E-state index contributed by atoms with van der Waals surface area (Å²) in [7, 11) is 0. The summed E-state index contributed by atoms with van der Waals surface area (Å²) in [5.74, 6) is -0.0876. The van der Waals surface area contributed by atoms with Crippen molar-refractivity contribution in [2.45, 2.75) is 104 Å². The van der Waals surface area contributed by atoms with Crippen molar-refractivity contribution < 1.29 is 19.5 Å². The molecular weight excluding hydrogens is 392 g/mol. The quantitative estimate of drug-likeness (QED) is 0.460. The Kier molecular flexibility index (Phi) is 10.6. The lowest BCUT2D eigenvalue weighted by molar-refractivity contribution is -0.137. The van der Waals surface area contributed by atoms with Crippen molar-refractivity contribution in [1.82, 2.24) is 5.32 Å². The normalized spacial score (nSPS) is 25.6. The third kappa shape index (κ3) is 7.67. The molecule has 6 nitrogen and oxygen atoms in total. The lowest BCUT2D eigenvalue weighted by atomic mass is 9.69. The van der Waals surface area contributed by atoms with Gasteiger partial charge in [0.2, 0.25) is 5.91 Å². The van der Waals surface area contributed by atoms with E-state index < -0.39 is 24.0 Å². The highest BCUT2D eigenvalue weighted by Gasteiger charge is 2.36. The number of Topliss-reactive ketones (excluding diaryl/α,β-unsaturated/α-hetero) is 2. The van der Waals surface area contributed by atoms with E-state index in [1.54, 1.807) is 20.8 Å². The zero-order valence-corrected chi connectivity index (χ0v) is 19.8. The van der Waals surface area contributed by atoms with Gasteiger partial charge in [-0.3, -0.25) is 14.4 Å². The average Bonchev–Trinajstić information content (AvgIpc) is 2.76. The van der Waals surface area contributed by atoms with Gasteiger partial charge in [0.15, 0.2) is 5.78 Å². The van der Waals surface area contributed by atoms with E-state index in [1.807, 2.05) is 0 Å². The van der Waals surface area contributed by atoms with Crippen molar-refractivity contribution >= 4 is 17.5 Å². The maximum atomic E-state index is 13.1. The van der Waals surface area contributed by atoms with Gasteiger partial charge in [0, 0.05) is 18.3 Å². The average molecular weight is 437 g/mol. The number of nitrogens with two attached hydrogens (primary N) is 1. The zero-order valence-electron chi connectivity index (χ0n) is 19.8. The number of ketones is 2. The minimum Gasteiger partial charge on any atom is -0.393 e. The maximum Gasteiger partial charge on any atom is 0.226 e. The van der Waals surface area contributed by atoms with Crippen molar-refractivity contribution in [3.8, 4) is 0 Å². The largest absolute Gasteiger partial charge is 0.393 e. The first-order valence-electron chi connectivity index (χ1n) is 12.5. The molecule has 31 heavy (non-hydrogen) atoms. The fourth-order valence-electron chi connectivity index (χ4n) is 5.55. The van der Waals surface area contributed by atoms with Gasteiger partial charge in [-0.15, -0.1) is 0 Å². The molecule has 1 amide bonds. The monoisotopic (exact) mass is 436 g/mol. The second kappa shape index (κ2) is 12.7. The molecule has 0 unspecified atom stereocenters. The van der Waals surface area contributed by atoms with E-state index >= 15 is 0 Å². The second-order valence-corrected chi connectivity index (χ2v) is 10.2. The van der Waals surface area contributed by atoms with Crippen LogP contribution in [0, 0.1) is 29.6 Å². The van der Waals surface area contributed by atoms with Crippen molar-refractivity contribution in [1.29, 1.82) is 0 Å². The Morgan fingerprint density at radius 1 is 0.968 bits per heavy atom. The van der Waals surface area contributed by atoms with Crippen LogP contribution >= 0.6 is 0 Å². The molecule has 2 aliphatic rings. The molecule has 4 N–H and O–H groups in total. The van der Waals surface area contributed by atoms with Crippen LogP contribution in [-0.4, -0.2) is 41.3 Å². The summed E-state index contributed by atoms with van der Waals surface area (Å²) in [6.07, 6.45) is 10.1. The Labute approximate surface area is 188 Å². The number of carbonyl (C=O) groups excluding carboxylic acids is 3. The molecule has 0 aromatic heterocycles. The number of hydrogen-bond donors (Lipinski definition) is 3. The highest BCUT2D eigenvalue weighted by molar-refractivity contribution is 5.93. The van der Waals surface area contributed by atoms with E-state index in [2.05, 4.69) is 5.32 Å². The van der Waals surface area contributed by atoms with E-state index in [0.29, 0.717) is 12.3 Å². The van der Waals surface area contributed by atoms with Gasteiger partial charge < -0.3 is 16.2 Å². The highest BCUT2D eigenvalue weighted by Crippen LogP contribution is 2.41. The number of rotatable bonds is 11. The molecule has 0 aromatic rings. The number of carbonyl (C=O) groups is 3. The Balaban J connectivity index is 1.98. The van der Waals surface area contributed by atoms with Crippen LogP contribution in [0.4, 0.5) is 0 Å². The fraction of sp³-hybridized carbons (Fsp3) is 0.880. The van der Waals surface area contributed by atoms with Gasteiger partial charge in [0.25, 0.3) is 0 Å². The number of aliphatic hydroxyl groups is 1. The van der Waals surface area contributed by atoms with Crippen molar-refractivity contribution in [3.05, 3.63) is 0 Å². The number of amides is 1. The number of hydrogen-bond acceptors (Lipinski definition) is 5. The van der Waals surface area contributed by atoms with Crippen LogP contribution in [0.1, 0.15) is 91.4 Å². The van der Waals surface area contributed by atoms with Gasteiger partial charge in [0.1, 0.15) is 5.78 Å². The van der Waals surface area contributed by atoms with Crippen LogP contribution in [0.5, 0.6) is 0 Å². The summed E-state index contributed by atoms with van der Waals surface area (Å²) < 4.78 is 0. The van der Waals surface area contributed by atoms with Crippen molar-refractivity contribution in [2.24, 2.45) is 35.3 Å². The van der Waals surface area contributed by atoms with Crippen molar-refractivity contribution in [3.63, 3.8) is 0 Å². The van der Waals surface area contributed by atoms with Gasteiger partial charge in [0.05, 0.1) is 18.1 Å². The SMILES string of the molecule is CC(C)C(=O)[C@H](CCN)NC(=O)[C@@H](CC(=O)[C@@H]1CCC[C@H](C2CCCCC2)C1)[C@H](C)O. The van der Waals surface area contributed by atoms with Crippen LogP contribution in [-0.2, 0) is 14.4 Å². The lowest BCUT2D eigenvalue weighted by Gasteiger charge is -2.36. The third-order valence-corrected chi connectivity index (χ3v) is 7.51. The lowest BCUT2D eigenvalue weighted by Crippen LogP contribution is -2.48. The van der Waals surface area contributed by atoms with Gasteiger partial charge in [-0.25, -0.2) is 0 Å². The van der Waals surface area contributed by atoms with Gasteiger partial charge in [-0.05, 0) is 44.6 Å². The molecule has 2 aliphatic carbocycles. The first kappa shape index (κ1) is 26.0. The molecular formula is C25H44N2O4. The predicted molar refractivity (Wildman–Crippen MR) is 122 cm³/mol. The maximum absolute atomic E-state index is 13.1. The standard InChI is InChI=1S/C25H44N2O4/c1-16(2)24(30)22(12-13-26)27-25(31)21(17(3)28)15-23(29)20-11-7-10-19(14-20)18-8-5-4-6-9-18/h16-22,28H,4-15,26H2,1-3H3,(H,27,31)/t17-,19-,20+,21-,22-/m0/s1. The Hall–Kier alpha value is -1.27. The molecule has 5 atom stereocenters. The molecule has 178 valence electrons. The smallest absolute Gasteiger partial charge is 0.226 e. The molecule has 0 bridgehead atoms. The van der Waals surface area contributed by atoms with Crippen LogP contribution in [0.3, 0.4) is 0 Å². The van der Waals surface area contributed by atoms with E-state index in [-0.39, 0.29) is 36.4 Å². The molecule has 0 saturated heterocycles. The summed E-state index contributed by atoms with van der Waals surface area (Å²) in [6, 6.07) is -0.667. The van der Waals surface area contributed by atoms with Gasteiger partial charge in [-0.1, -0.05) is 58.8 Å². The van der Waals surface area contributed by atoms with Gasteiger partial charge >= 0.3 is 0 Å². The number of aliphatic hydroxyl groups excluding tert-OH is 1. The van der Waals surface area contributed by atoms with Crippen LogP contribution in [0.25, 0.3) is 0 Å². The first-order chi connectivity index (χ1) is 14.7. The topological polar surface area (TPSA) is 109 Å². The van der Waals surface area contributed by atoms with E-state index in [4.69, 9.17) is 5.73 Å². The predicted octanol–water partition coefficient (Wildman–Crippen LogP) is 3.39. The summed E-state index contributed by atoms with van der Waals surface area (Å²) in [5, 5.41) is 13.0. The molecule has 2 saturated carbocycles. The van der Waals surface area contributed by atoms with Crippen molar-refractivity contribution in [2.75, 3.05) is 6.54 Å². The molecule has 0 heterocycles. The third-order valence-electron chi connectivity index (χ3n) is 7.51. The van der Waals surface area contributed by atoms with Gasteiger partial charge in [-0.2, -0.15) is 0 Å². The van der Waals surface area contributed by atoms with E-state index in [9.17, 15) is 19.5 Å². The number of nitrogens with one attached hydrogen (secondary N) is 1. The van der Waals surface area contributed by atoms with Crippen LogP contribution < -0.4 is 11.1 Å². The molecule has 0 spiro atoms. The molecule has 6 heteroatoms. The minimum atomic E-state index is -0.950. The van der Waals surface area contributed by atoms with E-state index in [0.717, 1.165) is 25.2 Å². The fourth-order valence-corrected chi connectivity index (χ4v) is 5.55. The molecule has 0 aliphatic heterocycles. The molecule has 2 rings (SSSR count). The summed E-state index contributed by atoms with van der Waals surface area (Å²) in [6.45, 7) is 5.41. The summed E-state index contributed by atoms with van der Waals surface area (Å²) in [4.78, 5) is 38.4. The minimum absolute atomic E-state index is 0.00754. The summed E-state index contributed by atoms with van der Waals surface area (Å²) >= 11 is 0.